The Morgan fingerprint density at radius 3 is 2.42 bits per heavy atom. The Morgan fingerprint density at radius 1 is 0.970 bits per heavy atom. The van der Waals surface area contributed by atoms with E-state index in [0.29, 0.717) is 55.2 Å². The summed E-state index contributed by atoms with van der Waals surface area (Å²) in [6, 6.07) is 18.6. The third-order valence-corrected chi connectivity index (χ3v) is 6.06. The van der Waals surface area contributed by atoms with Gasteiger partial charge >= 0.3 is 0 Å². The third kappa shape index (κ3) is 4.08. The van der Waals surface area contributed by atoms with Crippen molar-refractivity contribution in [2.45, 2.75) is 19.3 Å². The van der Waals surface area contributed by atoms with Crippen LogP contribution in [0.25, 0.3) is 0 Å². The highest BCUT2D eigenvalue weighted by Gasteiger charge is 2.32. The number of rotatable bonds is 3. The minimum absolute atomic E-state index is 0.127. The number of benzene rings is 2. The van der Waals surface area contributed by atoms with Gasteiger partial charge in [-0.2, -0.15) is 5.26 Å². The van der Waals surface area contributed by atoms with Crippen LogP contribution in [0.5, 0.6) is 0 Å². The van der Waals surface area contributed by atoms with Crippen LogP contribution in [0.2, 0.25) is 0 Å². The van der Waals surface area contributed by atoms with E-state index in [1.54, 1.807) is 38.7 Å². The maximum Gasteiger partial charge on any atom is 0.276 e. The Labute approximate surface area is 190 Å². The van der Waals surface area contributed by atoms with Crippen LogP contribution in [0, 0.1) is 11.3 Å². The van der Waals surface area contributed by atoms with E-state index >= 15 is 0 Å². The summed E-state index contributed by atoms with van der Waals surface area (Å²) >= 11 is 0. The summed E-state index contributed by atoms with van der Waals surface area (Å²) in [5.41, 5.74) is 2.98. The molecule has 166 valence electrons. The van der Waals surface area contributed by atoms with Gasteiger partial charge in [-0.15, -0.1) is 5.10 Å². The summed E-state index contributed by atoms with van der Waals surface area (Å²) in [4.78, 5) is 29.3. The molecule has 1 atom stereocenters. The average molecular weight is 442 g/mol. The quantitative estimate of drug-likeness (QED) is 0.615. The highest BCUT2D eigenvalue weighted by molar-refractivity contribution is 5.95. The van der Waals surface area contributed by atoms with Gasteiger partial charge in [0.05, 0.1) is 30.5 Å². The number of carbonyl (C=O) groups excluding carboxylic acids is 2. The van der Waals surface area contributed by atoms with Gasteiger partial charge in [0.2, 0.25) is 0 Å². The fourth-order valence-corrected chi connectivity index (χ4v) is 4.21. The summed E-state index contributed by atoms with van der Waals surface area (Å²) in [5, 5.41) is 17.4. The fourth-order valence-electron chi connectivity index (χ4n) is 4.21. The van der Waals surface area contributed by atoms with Crippen molar-refractivity contribution in [2.75, 3.05) is 26.2 Å². The van der Waals surface area contributed by atoms with Crippen LogP contribution in [-0.2, 0) is 17.9 Å². The average Bonchev–Trinajstić information content (AvgIpc) is 3.32. The lowest BCUT2D eigenvalue weighted by Gasteiger charge is -2.34. The lowest BCUT2D eigenvalue weighted by molar-refractivity contribution is -0.00202. The lowest BCUT2D eigenvalue weighted by atomic mass is 10.1. The van der Waals surface area contributed by atoms with E-state index in [2.05, 4.69) is 16.4 Å². The van der Waals surface area contributed by atoms with Crippen LogP contribution in [0.3, 0.4) is 0 Å². The standard InChI is InChI=1S/C24H22N6O3/c25-14-17-5-4-8-19(13-17)23(31)28-9-11-29(12-10-28)24(32)22-20-16-33-21(15-30(20)27-26-22)18-6-2-1-3-7-18/h1-8,13,21H,9-12,15-16H2. The molecule has 1 unspecified atom stereocenters. The zero-order chi connectivity index (χ0) is 22.8. The van der Waals surface area contributed by atoms with Gasteiger partial charge in [0, 0.05) is 31.7 Å². The topological polar surface area (TPSA) is 104 Å². The molecule has 2 amide bonds. The van der Waals surface area contributed by atoms with Crippen LogP contribution in [0.15, 0.2) is 54.6 Å². The van der Waals surface area contributed by atoms with Gasteiger partial charge in [0.25, 0.3) is 11.8 Å². The molecule has 0 bridgehead atoms. The first kappa shape index (κ1) is 20.8. The van der Waals surface area contributed by atoms with Gasteiger partial charge in [0.1, 0.15) is 6.10 Å². The maximum absolute atomic E-state index is 13.1. The van der Waals surface area contributed by atoms with Crippen molar-refractivity contribution in [3.05, 3.63) is 82.7 Å². The number of piperazine rings is 1. The van der Waals surface area contributed by atoms with Crippen LogP contribution >= 0.6 is 0 Å². The van der Waals surface area contributed by atoms with Gasteiger partial charge < -0.3 is 14.5 Å². The summed E-state index contributed by atoms with van der Waals surface area (Å²) in [7, 11) is 0. The second kappa shape index (κ2) is 8.84. The Morgan fingerprint density at radius 2 is 1.70 bits per heavy atom. The molecule has 0 aliphatic carbocycles. The number of hydrogen-bond acceptors (Lipinski definition) is 6. The van der Waals surface area contributed by atoms with Crippen LogP contribution in [-0.4, -0.2) is 62.8 Å². The second-order valence-corrected chi connectivity index (χ2v) is 8.05. The molecule has 1 aromatic heterocycles. The molecule has 2 aliphatic rings. The van der Waals surface area contributed by atoms with Gasteiger partial charge in [-0.3, -0.25) is 9.59 Å². The Bertz CT molecular complexity index is 1220. The lowest BCUT2D eigenvalue weighted by Crippen LogP contribution is -2.50. The Kier molecular flexibility index (Phi) is 5.59. The number of hydrogen-bond donors (Lipinski definition) is 0. The van der Waals surface area contributed by atoms with Crippen LogP contribution < -0.4 is 0 Å². The largest absolute Gasteiger partial charge is 0.365 e. The van der Waals surface area contributed by atoms with E-state index in [-0.39, 0.29) is 24.5 Å². The predicted octanol–water partition coefficient (Wildman–Crippen LogP) is 2.02. The number of carbonyl (C=O) groups is 2. The van der Waals surface area contributed by atoms with Crippen LogP contribution in [0.4, 0.5) is 0 Å². The van der Waals surface area contributed by atoms with Crippen molar-refractivity contribution in [3.8, 4) is 6.07 Å². The number of nitrogens with zero attached hydrogens (tertiary/aromatic N) is 6. The molecule has 3 heterocycles. The summed E-state index contributed by atoms with van der Waals surface area (Å²) < 4.78 is 7.74. The minimum atomic E-state index is -0.198. The zero-order valence-corrected chi connectivity index (χ0v) is 17.9. The Hall–Kier alpha value is -4.03. The van der Waals surface area contributed by atoms with Gasteiger partial charge in [-0.05, 0) is 23.8 Å². The molecule has 33 heavy (non-hydrogen) atoms. The molecule has 2 aromatic carbocycles. The van der Waals surface area contributed by atoms with E-state index < -0.39 is 0 Å². The number of aromatic nitrogens is 3. The summed E-state index contributed by atoms with van der Waals surface area (Å²) in [5.74, 6) is -0.336. The van der Waals surface area contributed by atoms with Gasteiger partial charge in [0.15, 0.2) is 5.69 Å². The summed E-state index contributed by atoms with van der Waals surface area (Å²) in [6.45, 7) is 2.41. The smallest absolute Gasteiger partial charge is 0.276 e. The predicted molar refractivity (Wildman–Crippen MR) is 117 cm³/mol. The van der Waals surface area contributed by atoms with Crippen molar-refractivity contribution in [2.24, 2.45) is 0 Å². The molecule has 9 heteroatoms. The SMILES string of the molecule is N#Cc1cccc(C(=O)N2CCN(C(=O)c3nnn4c3COC(c3ccccc3)C4)CC2)c1. The monoisotopic (exact) mass is 442 g/mol. The van der Waals surface area contributed by atoms with Crippen molar-refractivity contribution < 1.29 is 14.3 Å². The number of fused-ring (bicyclic) bond motifs is 1. The number of amides is 2. The van der Waals surface area contributed by atoms with E-state index in [1.807, 2.05) is 30.3 Å². The van der Waals surface area contributed by atoms with E-state index in [4.69, 9.17) is 10.00 Å². The highest BCUT2D eigenvalue weighted by Crippen LogP contribution is 2.27. The van der Waals surface area contributed by atoms with E-state index in [1.165, 1.54) is 0 Å². The van der Waals surface area contributed by atoms with Gasteiger partial charge in [-0.25, -0.2) is 4.68 Å². The van der Waals surface area contributed by atoms with Crippen molar-refractivity contribution in [1.82, 2.24) is 24.8 Å². The first-order chi connectivity index (χ1) is 16.1. The van der Waals surface area contributed by atoms with Crippen molar-refractivity contribution >= 4 is 11.8 Å². The molecule has 0 saturated carbocycles. The first-order valence-electron chi connectivity index (χ1n) is 10.8. The molecule has 1 fully saturated rings. The minimum Gasteiger partial charge on any atom is -0.365 e. The molecule has 0 N–H and O–H groups in total. The normalized spacial score (nSPS) is 17.8. The molecule has 5 rings (SSSR count). The van der Waals surface area contributed by atoms with Crippen molar-refractivity contribution in [3.63, 3.8) is 0 Å². The van der Waals surface area contributed by atoms with Gasteiger partial charge in [-0.1, -0.05) is 41.6 Å². The fraction of sp³-hybridized carbons (Fsp3) is 0.292. The molecular weight excluding hydrogens is 420 g/mol. The maximum atomic E-state index is 13.1. The number of nitriles is 1. The number of ether oxygens (including phenoxy) is 1. The Balaban J connectivity index is 1.23. The van der Waals surface area contributed by atoms with E-state index in [0.717, 1.165) is 5.56 Å². The second-order valence-electron chi connectivity index (χ2n) is 8.05. The summed E-state index contributed by atoms with van der Waals surface area (Å²) in [6.07, 6.45) is -0.127. The highest BCUT2D eigenvalue weighted by atomic mass is 16.5. The first-order valence-corrected chi connectivity index (χ1v) is 10.8. The molecule has 0 radical (unpaired) electrons. The van der Waals surface area contributed by atoms with Crippen LogP contribution in [0.1, 0.15) is 43.8 Å². The zero-order valence-electron chi connectivity index (χ0n) is 17.9. The molecule has 3 aromatic rings. The van der Waals surface area contributed by atoms with E-state index in [9.17, 15) is 9.59 Å². The molecule has 0 spiro atoms. The molecule has 1 saturated heterocycles. The molecular formula is C24H22N6O3. The molecule has 9 nitrogen and oxygen atoms in total. The molecule has 2 aliphatic heterocycles. The van der Waals surface area contributed by atoms with Crippen molar-refractivity contribution in [1.29, 1.82) is 5.26 Å². The third-order valence-electron chi connectivity index (χ3n) is 6.06.